The lowest BCUT2D eigenvalue weighted by Gasteiger charge is -2.31. The molecule has 0 unspecified atom stereocenters. The zero-order chi connectivity index (χ0) is 16.2. The highest BCUT2D eigenvalue weighted by Crippen LogP contribution is 2.30. The maximum Gasteiger partial charge on any atom is 0.224 e. The molecule has 4 heteroatoms. The normalized spacial score (nSPS) is 11.9. The van der Waals surface area contributed by atoms with Gasteiger partial charge in [0.15, 0.2) is 0 Å². The zero-order valence-electron chi connectivity index (χ0n) is 14.5. The van der Waals surface area contributed by atoms with Crippen molar-refractivity contribution in [1.29, 1.82) is 0 Å². The molecule has 0 fully saturated rings. The summed E-state index contributed by atoms with van der Waals surface area (Å²) in [6.07, 6.45) is 3.58. The Morgan fingerprint density at radius 1 is 1.05 bits per heavy atom. The Labute approximate surface area is 134 Å². The van der Waals surface area contributed by atoms with E-state index in [4.69, 9.17) is 12.2 Å². The second-order valence-corrected chi connectivity index (χ2v) is 7.38. The van der Waals surface area contributed by atoms with Gasteiger partial charge in [0.2, 0.25) is 5.43 Å². The lowest BCUT2D eigenvalue weighted by molar-refractivity contribution is 0.361. The Bertz CT molecular complexity index is 519. The Morgan fingerprint density at radius 3 is 2.10 bits per heavy atom. The van der Waals surface area contributed by atoms with E-state index >= 15 is 0 Å². The van der Waals surface area contributed by atoms with E-state index in [-0.39, 0.29) is 5.43 Å². The molecule has 3 nitrogen and oxygen atoms in total. The van der Waals surface area contributed by atoms with Crippen LogP contribution in [0.5, 0.6) is 0 Å². The molecule has 1 aromatic carbocycles. The molecule has 120 valence electrons. The molecular formula is C17H30N2OS. The number of nitrogens with zero attached hydrogens (tertiary/aromatic N) is 2. The summed E-state index contributed by atoms with van der Waals surface area (Å²) in [6, 6.07) is 0. The van der Waals surface area contributed by atoms with Gasteiger partial charge in [-0.25, -0.2) is 0 Å². The van der Waals surface area contributed by atoms with Crippen molar-refractivity contribution in [2.75, 3.05) is 36.5 Å². The van der Waals surface area contributed by atoms with Crippen molar-refractivity contribution in [1.82, 2.24) is 0 Å². The third-order valence-corrected chi connectivity index (χ3v) is 4.37. The Balaban J connectivity index is 2.67. The summed E-state index contributed by atoms with van der Waals surface area (Å²) in [5.74, 6) is 0. The first-order valence-corrected chi connectivity index (χ1v) is 8.43. The number of anilines is 2. The number of hydrogen-bond donors (Lipinski definition) is 0. The summed E-state index contributed by atoms with van der Waals surface area (Å²) < 4.78 is 0.509. The van der Waals surface area contributed by atoms with Gasteiger partial charge in [0.05, 0.1) is 5.69 Å². The fraction of sp³-hybridized carbons (Fsp3) is 0.765. The highest BCUT2D eigenvalue weighted by Gasteiger charge is 2.24. The molecule has 0 saturated carbocycles. The van der Waals surface area contributed by atoms with E-state index in [1.165, 1.54) is 12.8 Å². The number of rotatable bonds is 8. The minimum atomic E-state index is 0.0465. The second kappa shape index (κ2) is 7.39. The molecule has 0 aliphatic rings. The summed E-state index contributed by atoms with van der Waals surface area (Å²) in [4.78, 5) is 16.3. The largest absolute Gasteiger partial charge is 0.372 e. The predicted octanol–water partition coefficient (Wildman–Crippen LogP) is 4.15. The number of hydrogen-bond acceptors (Lipinski definition) is 4. The first-order chi connectivity index (χ1) is 9.72. The van der Waals surface area contributed by atoms with E-state index in [1.54, 1.807) is 0 Å². The molecular weight excluding hydrogens is 280 g/mol. The van der Waals surface area contributed by atoms with Gasteiger partial charge >= 0.3 is 0 Å². The molecule has 0 heterocycles. The van der Waals surface area contributed by atoms with Crippen LogP contribution < -0.4 is 15.2 Å². The van der Waals surface area contributed by atoms with Crippen LogP contribution in [0.15, 0.2) is 4.79 Å². The summed E-state index contributed by atoms with van der Waals surface area (Å²) in [6.45, 7) is 13.6. The first-order valence-electron chi connectivity index (χ1n) is 8.02. The summed E-state index contributed by atoms with van der Waals surface area (Å²) in [7, 11) is 2.05. The quantitative estimate of drug-likeness (QED) is 0.531. The van der Waals surface area contributed by atoms with Crippen LogP contribution in [0.25, 0.3) is 0 Å². The lowest BCUT2D eigenvalue weighted by atomic mass is 9.90. The highest BCUT2D eigenvalue weighted by molar-refractivity contribution is 7.71. The minimum absolute atomic E-state index is 0.0465. The van der Waals surface area contributed by atoms with Crippen LogP contribution >= 0.6 is 12.2 Å². The maximum atomic E-state index is 12.0. The van der Waals surface area contributed by atoms with Crippen molar-refractivity contribution in [3.63, 3.8) is 0 Å². The van der Waals surface area contributed by atoms with Gasteiger partial charge in [0.25, 0.3) is 0 Å². The molecule has 21 heavy (non-hydrogen) atoms. The molecule has 0 aromatic heterocycles. The van der Waals surface area contributed by atoms with E-state index in [0.717, 1.165) is 37.4 Å². The van der Waals surface area contributed by atoms with Crippen molar-refractivity contribution in [3.8, 4) is 0 Å². The van der Waals surface area contributed by atoms with Gasteiger partial charge < -0.3 is 9.80 Å². The topological polar surface area (TPSA) is 23.6 Å². The third-order valence-electron chi connectivity index (χ3n) is 3.99. The van der Waals surface area contributed by atoms with Crippen LogP contribution in [0, 0.1) is 9.93 Å². The van der Waals surface area contributed by atoms with E-state index in [0.29, 0.717) is 9.93 Å². The second-order valence-electron chi connectivity index (χ2n) is 6.97. The maximum absolute atomic E-state index is 12.0. The van der Waals surface area contributed by atoms with Crippen LogP contribution in [0.3, 0.4) is 0 Å². The first kappa shape index (κ1) is 18.1. The van der Waals surface area contributed by atoms with Crippen molar-refractivity contribution in [2.45, 2.75) is 53.9 Å². The third kappa shape index (κ3) is 4.53. The smallest absolute Gasteiger partial charge is 0.224 e. The van der Waals surface area contributed by atoms with E-state index < -0.39 is 0 Å². The van der Waals surface area contributed by atoms with Crippen LogP contribution in [0.4, 0.5) is 11.4 Å². The zero-order valence-corrected chi connectivity index (χ0v) is 15.3. The van der Waals surface area contributed by atoms with Crippen molar-refractivity contribution < 1.29 is 0 Å². The van der Waals surface area contributed by atoms with Gasteiger partial charge in [-0.05, 0) is 32.1 Å². The van der Waals surface area contributed by atoms with Crippen LogP contribution in [-0.4, -0.2) is 26.7 Å². The summed E-state index contributed by atoms with van der Waals surface area (Å²) >= 11 is 5.26. The molecule has 0 atom stereocenters. The highest BCUT2D eigenvalue weighted by atomic mass is 32.1. The van der Waals surface area contributed by atoms with Gasteiger partial charge in [0, 0.05) is 26.7 Å². The molecule has 0 spiro atoms. The molecule has 0 aliphatic carbocycles. The minimum Gasteiger partial charge on any atom is -0.372 e. The van der Waals surface area contributed by atoms with Crippen molar-refractivity contribution in [3.05, 3.63) is 14.7 Å². The molecule has 0 N–H and O–H groups in total. The Morgan fingerprint density at radius 2 is 1.62 bits per heavy atom. The Hall–Kier alpha value is -0.900. The Kier molecular flexibility index (Phi) is 6.39. The predicted molar refractivity (Wildman–Crippen MR) is 96.1 cm³/mol. The molecule has 1 rings (SSSR count). The lowest BCUT2D eigenvalue weighted by Crippen LogP contribution is -2.35. The summed E-state index contributed by atoms with van der Waals surface area (Å²) in [5.41, 5.74) is 2.24. The van der Waals surface area contributed by atoms with Gasteiger partial charge in [-0.3, -0.25) is 4.79 Å². The monoisotopic (exact) mass is 310 g/mol. The van der Waals surface area contributed by atoms with Crippen LogP contribution in [0.2, 0.25) is 0 Å². The average Bonchev–Trinajstić information content (AvgIpc) is 2.42. The van der Waals surface area contributed by atoms with Crippen LogP contribution in [0.1, 0.15) is 53.9 Å². The number of unbranched alkanes of at least 4 members (excludes halogenated alkanes) is 1. The molecule has 0 aliphatic heterocycles. The molecule has 1 aromatic rings. The van der Waals surface area contributed by atoms with Gasteiger partial charge in [-0.2, -0.15) is 0 Å². The fourth-order valence-corrected chi connectivity index (χ4v) is 3.02. The van der Waals surface area contributed by atoms with E-state index in [9.17, 15) is 4.79 Å². The van der Waals surface area contributed by atoms with Gasteiger partial charge in [0.1, 0.15) is 10.2 Å². The molecule has 0 amide bonds. The van der Waals surface area contributed by atoms with Gasteiger partial charge in [-0.15, -0.1) is 0 Å². The van der Waals surface area contributed by atoms with Gasteiger partial charge in [-0.1, -0.05) is 39.4 Å². The average molecular weight is 311 g/mol. The van der Waals surface area contributed by atoms with Crippen LogP contribution in [-0.2, 0) is 0 Å². The molecule has 0 radical (unpaired) electrons. The SMILES string of the molecule is CCN(CC)c1c(N(C)CCCCC(C)(C)C)c(=S)c1=O. The van der Waals surface area contributed by atoms with E-state index in [1.807, 2.05) is 0 Å². The van der Waals surface area contributed by atoms with E-state index in [2.05, 4.69) is 51.5 Å². The van der Waals surface area contributed by atoms with Crippen molar-refractivity contribution >= 4 is 23.6 Å². The fourth-order valence-electron chi connectivity index (χ4n) is 2.67. The molecule has 0 bridgehead atoms. The summed E-state index contributed by atoms with van der Waals surface area (Å²) in [5, 5.41) is 0. The molecule has 0 saturated heterocycles. The standard InChI is InChI=1S/C17H30N2OS/c1-7-19(8-2)13-14(16(21)15(13)20)18(6)12-10-9-11-17(3,4)5/h7-12H2,1-6H3. The van der Waals surface area contributed by atoms with Crippen molar-refractivity contribution in [2.24, 2.45) is 5.41 Å².